The molecule has 44 heavy (non-hydrogen) atoms. The molecule has 0 radical (unpaired) electrons. The van der Waals surface area contributed by atoms with Gasteiger partial charge in [-0.25, -0.2) is 4.79 Å². The number of nitrogens with zero attached hydrogens (tertiary/aromatic N) is 1. The van der Waals surface area contributed by atoms with Gasteiger partial charge in [0.2, 0.25) is 5.91 Å². The second-order valence-electron chi connectivity index (χ2n) is 12.4. The SMILES string of the molecule is COc1cc2cc(c1Cl)N(C)C(=O)C[C@H](OC(=O)C(C)C)[C@]1(C)O[C@H]1[C@H](C)[C@@H]1C[C@@](O)(NC(=O)O1)[C@H](OC)C=CC=C(C)C2. The number of carbonyl (C=O) groups is 3. The molecule has 4 bridgehead atoms. The van der Waals surface area contributed by atoms with E-state index in [0.717, 1.165) is 11.1 Å². The summed E-state index contributed by atoms with van der Waals surface area (Å²) in [6, 6.07) is 3.63. The summed E-state index contributed by atoms with van der Waals surface area (Å²) in [4.78, 5) is 40.7. The maximum absolute atomic E-state index is 13.8. The molecule has 3 heterocycles. The molecule has 2 N–H and O–H groups in total. The van der Waals surface area contributed by atoms with Gasteiger partial charge in [-0.15, -0.1) is 0 Å². The van der Waals surface area contributed by atoms with E-state index in [2.05, 4.69) is 5.32 Å². The molecule has 0 aliphatic carbocycles. The fourth-order valence-corrected chi connectivity index (χ4v) is 6.19. The van der Waals surface area contributed by atoms with Gasteiger partial charge in [0.05, 0.1) is 31.2 Å². The van der Waals surface area contributed by atoms with Crippen molar-refractivity contribution in [3.8, 4) is 5.75 Å². The number of anilines is 1. The Morgan fingerprint density at radius 2 is 1.95 bits per heavy atom. The van der Waals surface area contributed by atoms with Gasteiger partial charge in [0, 0.05) is 26.5 Å². The van der Waals surface area contributed by atoms with E-state index >= 15 is 0 Å². The highest BCUT2D eigenvalue weighted by Gasteiger charge is 2.64. The first-order chi connectivity index (χ1) is 20.6. The van der Waals surface area contributed by atoms with Crippen LogP contribution < -0.4 is 15.0 Å². The van der Waals surface area contributed by atoms with Crippen molar-refractivity contribution in [1.82, 2.24) is 5.32 Å². The number of alkyl carbamates (subject to hydrolysis) is 1. The molecule has 2 saturated heterocycles. The van der Waals surface area contributed by atoms with Crippen molar-refractivity contribution in [3.05, 3.63) is 46.5 Å². The molecule has 1 aromatic rings. The van der Waals surface area contributed by atoms with Crippen molar-refractivity contribution in [2.24, 2.45) is 11.8 Å². The molecular formula is C32H43ClN2O9. The molecule has 2 fully saturated rings. The number of methoxy groups -OCH3 is 2. The number of halogens is 1. The Hall–Kier alpha value is -3.12. The summed E-state index contributed by atoms with van der Waals surface area (Å²) in [5, 5.41) is 14.4. The van der Waals surface area contributed by atoms with Gasteiger partial charge in [0.15, 0.2) is 5.72 Å². The summed E-state index contributed by atoms with van der Waals surface area (Å²) >= 11 is 6.68. The molecule has 12 heteroatoms. The van der Waals surface area contributed by atoms with Gasteiger partial charge in [-0.1, -0.05) is 56.2 Å². The topological polar surface area (TPSA) is 136 Å². The minimum absolute atomic E-state index is 0.00361. The predicted molar refractivity (Wildman–Crippen MR) is 164 cm³/mol. The third kappa shape index (κ3) is 6.91. The zero-order chi connectivity index (χ0) is 32.6. The third-order valence-electron chi connectivity index (χ3n) is 8.68. The van der Waals surface area contributed by atoms with Gasteiger partial charge in [-0.05, 0) is 38.0 Å². The second-order valence-corrected chi connectivity index (χ2v) is 12.8. The lowest BCUT2D eigenvalue weighted by Crippen LogP contribution is -2.63. The van der Waals surface area contributed by atoms with E-state index < -0.39 is 59.6 Å². The van der Waals surface area contributed by atoms with Gasteiger partial charge in [0.1, 0.15) is 34.7 Å². The molecule has 0 aromatic heterocycles. The Bertz CT molecular complexity index is 1350. The lowest BCUT2D eigenvalue weighted by Gasteiger charge is -2.42. The number of nitrogens with one attached hydrogen (secondary N) is 1. The molecule has 242 valence electrons. The van der Waals surface area contributed by atoms with Crippen LogP contribution in [0.15, 0.2) is 35.9 Å². The summed E-state index contributed by atoms with van der Waals surface area (Å²) in [6.45, 7) is 8.95. The normalized spacial score (nSPS) is 32.8. The molecule has 3 aliphatic rings. The lowest BCUT2D eigenvalue weighted by atomic mass is 9.83. The molecule has 0 spiro atoms. The first-order valence-electron chi connectivity index (χ1n) is 14.7. The van der Waals surface area contributed by atoms with E-state index in [1.54, 1.807) is 40.0 Å². The van der Waals surface area contributed by atoms with E-state index in [0.29, 0.717) is 17.9 Å². The monoisotopic (exact) mass is 634 g/mol. The van der Waals surface area contributed by atoms with Crippen LogP contribution in [-0.4, -0.2) is 80.1 Å². The Kier molecular flexibility index (Phi) is 10.0. The van der Waals surface area contributed by atoms with Crippen LogP contribution in [-0.2, 0) is 35.0 Å². The van der Waals surface area contributed by atoms with Gasteiger partial charge in [-0.2, -0.15) is 0 Å². The first-order valence-corrected chi connectivity index (χ1v) is 15.1. The van der Waals surface area contributed by atoms with Gasteiger partial charge in [-0.3, -0.25) is 14.9 Å². The van der Waals surface area contributed by atoms with Crippen LogP contribution >= 0.6 is 11.6 Å². The van der Waals surface area contributed by atoms with Gasteiger partial charge >= 0.3 is 12.1 Å². The maximum Gasteiger partial charge on any atom is 0.409 e. The highest BCUT2D eigenvalue weighted by atomic mass is 35.5. The number of benzene rings is 1. The Balaban J connectivity index is 1.80. The number of amides is 2. The van der Waals surface area contributed by atoms with Crippen molar-refractivity contribution in [2.75, 3.05) is 26.2 Å². The Morgan fingerprint density at radius 1 is 1.25 bits per heavy atom. The largest absolute Gasteiger partial charge is 0.495 e. The van der Waals surface area contributed by atoms with Crippen LogP contribution in [0.3, 0.4) is 0 Å². The summed E-state index contributed by atoms with van der Waals surface area (Å²) in [5.41, 5.74) is -0.587. The van der Waals surface area contributed by atoms with E-state index in [1.165, 1.54) is 19.1 Å². The highest BCUT2D eigenvalue weighted by molar-refractivity contribution is 6.35. The van der Waals surface area contributed by atoms with Crippen molar-refractivity contribution >= 4 is 35.3 Å². The van der Waals surface area contributed by atoms with Crippen molar-refractivity contribution in [2.45, 2.75) is 89.6 Å². The lowest BCUT2D eigenvalue weighted by molar-refractivity contribution is -0.157. The van der Waals surface area contributed by atoms with Crippen LogP contribution in [0.25, 0.3) is 0 Å². The van der Waals surface area contributed by atoms with Crippen LogP contribution in [0, 0.1) is 11.8 Å². The highest BCUT2D eigenvalue weighted by Crippen LogP contribution is 2.49. The third-order valence-corrected chi connectivity index (χ3v) is 9.06. The standard InChI is InChI=1S/C32H43ClN2O9/c1-17(2)29(37)43-25-15-26(36)35(6)21-13-20(14-22(40-7)27(21)33)12-18(3)10-9-11-24(41-8)32(39)16-23(42-30(38)34-32)19(4)28-31(25,5)44-28/h9-11,13-14,17,19,23-25,28,39H,12,15-16H2,1-8H3,(H,34,38)/t19-,23+,24-,25+,28+,31+,32+/m1/s1. The van der Waals surface area contributed by atoms with Crippen LogP contribution in [0.2, 0.25) is 5.02 Å². The first kappa shape index (κ1) is 33.8. The Labute approximate surface area is 263 Å². The Morgan fingerprint density at radius 3 is 2.59 bits per heavy atom. The molecule has 0 unspecified atom stereocenters. The van der Waals surface area contributed by atoms with Crippen molar-refractivity contribution in [3.63, 3.8) is 0 Å². The average molecular weight is 635 g/mol. The average Bonchev–Trinajstić information content (AvgIpc) is 3.66. The minimum atomic E-state index is -1.77. The second kappa shape index (κ2) is 13.1. The molecule has 2 amide bonds. The molecule has 7 atom stereocenters. The fraction of sp³-hybridized carbons (Fsp3) is 0.594. The minimum Gasteiger partial charge on any atom is -0.495 e. The predicted octanol–water partition coefficient (Wildman–Crippen LogP) is 4.32. The zero-order valence-corrected chi connectivity index (χ0v) is 27.3. The molecule has 0 saturated carbocycles. The van der Waals surface area contributed by atoms with Gasteiger partial charge in [0.25, 0.3) is 0 Å². The van der Waals surface area contributed by atoms with Crippen LogP contribution in [0.5, 0.6) is 5.75 Å². The summed E-state index contributed by atoms with van der Waals surface area (Å²) in [5.74, 6) is -1.30. The van der Waals surface area contributed by atoms with Crippen LogP contribution in [0.1, 0.15) is 53.0 Å². The fourth-order valence-electron chi connectivity index (χ4n) is 5.88. The number of allylic oxidation sites excluding steroid dienone is 3. The number of epoxide rings is 1. The van der Waals surface area contributed by atoms with E-state index in [9.17, 15) is 19.5 Å². The van der Waals surface area contributed by atoms with Crippen molar-refractivity contribution < 1.29 is 43.2 Å². The number of aliphatic hydroxyl groups is 1. The number of hydrogen-bond donors (Lipinski definition) is 2. The number of esters is 1. The quantitative estimate of drug-likeness (QED) is 0.366. The summed E-state index contributed by atoms with van der Waals surface area (Å²) < 4.78 is 28.8. The molecule has 1 aromatic carbocycles. The molecule has 11 nitrogen and oxygen atoms in total. The number of carbonyl (C=O) groups excluding carboxylic acids is 3. The number of fused-ring (bicyclic) bond motifs is 5. The molecular weight excluding hydrogens is 592 g/mol. The number of hydrogen-bond acceptors (Lipinski definition) is 9. The van der Waals surface area contributed by atoms with Gasteiger partial charge < -0.3 is 33.7 Å². The van der Waals surface area contributed by atoms with Crippen molar-refractivity contribution in [1.29, 1.82) is 0 Å². The van der Waals surface area contributed by atoms with E-state index in [1.807, 2.05) is 32.1 Å². The molecule has 4 rings (SSSR count). The summed E-state index contributed by atoms with van der Waals surface area (Å²) in [7, 11) is 4.56. The number of ether oxygens (including phenoxy) is 5. The smallest absolute Gasteiger partial charge is 0.409 e. The maximum atomic E-state index is 13.8. The molecule has 3 aliphatic heterocycles. The van der Waals surface area contributed by atoms with E-state index in [4.69, 9.17) is 35.3 Å². The zero-order valence-electron chi connectivity index (χ0n) is 26.5. The van der Waals surface area contributed by atoms with Crippen LogP contribution in [0.4, 0.5) is 10.5 Å². The van der Waals surface area contributed by atoms with E-state index in [-0.39, 0.29) is 23.8 Å². The summed E-state index contributed by atoms with van der Waals surface area (Å²) in [6.07, 6.45) is 1.65. The number of rotatable bonds is 4.